The van der Waals surface area contributed by atoms with Gasteiger partial charge in [0.2, 0.25) is 0 Å². The van der Waals surface area contributed by atoms with Crippen molar-refractivity contribution in [2.45, 2.75) is 0 Å². The molecule has 0 bridgehead atoms. The first-order valence-corrected chi connectivity index (χ1v) is 33.1. The van der Waals surface area contributed by atoms with E-state index in [0.29, 0.717) is 0 Å². The van der Waals surface area contributed by atoms with Crippen LogP contribution >= 0.6 is 0 Å². The van der Waals surface area contributed by atoms with Gasteiger partial charge in [-0.05, 0) is 251 Å². The van der Waals surface area contributed by atoms with E-state index >= 15 is 0 Å². The van der Waals surface area contributed by atoms with Gasteiger partial charge < -0.3 is 0 Å². The molecule has 0 saturated heterocycles. The third-order valence-electron chi connectivity index (χ3n) is 22.9. The van der Waals surface area contributed by atoms with E-state index in [1.54, 1.807) is 0 Å². The normalized spacial score (nSPS) is 12.9. The van der Waals surface area contributed by atoms with E-state index in [1.165, 1.54) is 251 Å². The van der Waals surface area contributed by atoms with Gasteiger partial charge in [0, 0.05) is 0 Å². The fourth-order valence-corrected chi connectivity index (χ4v) is 19.2. The molecule has 424 valence electrons. The lowest BCUT2D eigenvalue weighted by atomic mass is 9.79. The predicted molar refractivity (Wildman–Crippen MR) is 404 cm³/mol. The molecule has 0 aromatic heterocycles. The maximum atomic E-state index is 2.55. The molecule has 0 amide bonds. The Balaban J connectivity index is 0.876. The second-order valence-corrected chi connectivity index (χ2v) is 27.0. The predicted octanol–water partition coefficient (Wildman–Crippen LogP) is 26.7. The Kier molecular flexibility index (Phi) is 8.80. The molecule has 2 aliphatic rings. The summed E-state index contributed by atoms with van der Waals surface area (Å²) >= 11 is 0. The van der Waals surface area contributed by atoms with E-state index in [-0.39, 0.29) is 0 Å². The van der Waals surface area contributed by atoms with Crippen LogP contribution < -0.4 is 0 Å². The first-order valence-electron chi connectivity index (χ1n) is 33.1. The maximum Gasteiger partial charge on any atom is -0.000718 e. The van der Waals surface area contributed by atoms with Gasteiger partial charge in [-0.2, -0.15) is 0 Å². The highest BCUT2D eigenvalue weighted by molar-refractivity contribution is 6.40. The highest BCUT2D eigenvalue weighted by atomic mass is 14.4. The molecule has 0 atom stereocenters. The number of benzene rings is 22. The summed E-state index contributed by atoms with van der Waals surface area (Å²) in [5.74, 6) is 0. The minimum atomic E-state index is 1.26. The molecule has 0 heterocycles. The van der Waals surface area contributed by atoms with Crippen LogP contribution in [0.5, 0.6) is 0 Å². The minimum absolute atomic E-state index is 1.26. The lowest BCUT2D eigenvalue weighted by Gasteiger charge is -2.24. The molecule has 0 nitrogen and oxygen atoms in total. The highest BCUT2D eigenvalue weighted by Crippen LogP contribution is 2.66. The molecule has 0 aliphatic heterocycles. The summed E-state index contributed by atoms with van der Waals surface area (Å²) in [7, 11) is 0. The standard InChI is InChI=1S/C94H48/c1-2-18-62-61(17-1)85(69-41-33-57-25-21-49-9-5-13-53-29-37-65(69)81(57)77(49)53)91-73-45-46-75-90-76(48-47-74(89(73)90)92(91)86(62)70-42-34-58-26-22-50-10-6-14-54-30-38-66(70)82(58)78(50)54)94-88(72-44-36-60-28-24-52-12-8-16-56-32-40-68(72)84(60)80(52)56)64-20-4-3-19-63(64)87(93(75)94)71-43-35-59-27-23-51-11-7-15-55-31-39-67(71)83(59)79(51)55/h1-48H. The summed E-state index contributed by atoms with van der Waals surface area (Å²) in [4.78, 5) is 0. The lowest BCUT2D eigenvalue weighted by molar-refractivity contribution is 1.65. The summed E-state index contributed by atoms with van der Waals surface area (Å²) in [6.45, 7) is 0. The Morgan fingerprint density at radius 2 is 0.277 bits per heavy atom. The molecular weight excluding hydrogens is 1130 g/mol. The topological polar surface area (TPSA) is 0 Å². The molecule has 0 heteroatoms. The fourth-order valence-electron chi connectivity index (χ4n) is 19.2. The lowest BCUT2D eigenvalue weighted by Crippen LogP contribution is -1.96. The Labute approximate surface area is 538 Å². The number of hydrogen-bond donors (Lipinski definition) is 0. The number of rotatable bonds is 4. The van der Waals surface area contributed by atoms with E-state index in [9.17, 15) is 0 Å². The molecule has 0 unspecified atom stereocenters. The summed E-state index contributed by atoms with van der Waals surface area (Å²) in [5, 5.41) is 38.8. The van der Waals surface area contributed by atoms with E-state index < -0.39 is 0 Å². The van der Waals surface area contributed by atoms with Crippen LogP contribution in [0.2, 0.25) is 0 Å². The molecule has 0 radical (unpaired) electrons. The van der Waals surface area contributed by atoms with Crippen molar-refractivity contribution in [3.8, 4) is 89.0 Å². The molecule has 22 aromatic carbocycles. The van der Waals surface area contributed by atoms with Crippen molar-refractivity contribution in [2.24, 2.45) is 0 Å². The van der Waals surface area contributed by atoms with Crippen LogP contribution in [0.1, 0.15) is 0 Å². The molecule has 94 heavy (non-hydrogen) atoms. The summed E-state index contributed by atoms with van der Waals surface area (Å²) in [6, 6.07) is 113. The van der Waals surface area contributed by atoms with Crippen LogP contribution in [0.4, 0.5) is 0 Å². The van der Waals surface area contributed by atoms with Crippen LogP contribution in [0, 0.1) is 0 Å². The third-order valence-corrected chi connectivity index (χ3v) is 22.9. The van der Waals surface area contributed by atoms with Gasteiger partial charge in [-0.3, -0.25) is 0 Å². The minimum Gasteiger partial charge on any atom is -0.0616 e. The average Bonchev–Trinajstić information content (AvgIpc) is 1.49. The third kappa shape index (κ3) is 5.82. The number of fused-ring (bicyclic) bond motifs is 8. The summed E-state index contributed by atoms with van der Waals surface area (Å²) in [5.41, 5.74) is 20.7. The van der Waals surface area contributed by atoms with Crippen LogP contribution in [-0.2, 0) is 0 Å². The molecule has 0 fully saturated rings. The average molecular weight is 1180 g/mol. The summed E-state index contributed by atoms with van der Waals surface area (Å²) in [6.07, 6.45) is 0. The second kappa shape index (κ2) is 17.0. The highest BCUT2D eigenvalue weighted by Gasteiger charge is 2.39. The first kappa shape index (κ1) is 48.6. The molecule has 0 saturated carbocycles. The monoisotopic (exact) mass is 1180 g/mol. The molecule has 2 aliphatic carbocycles. The Morgan fingerprint density at radius 1 is 0.0957 bits per heavy atom. The van der Waals surface area contributed by atoms with Gasteiger partial charge >= 0.3 is 0 Å². The van der Waals surface area contributed by atoms with Gasteiger partial charge in [0.25, 0.3) is 0 Å². The first-order chi connectivity index (χ1) is 46.7. The van der Waals surface area contributed by atoms with Gasteiger partial charge in [-0.25, -0.2) is 0 Å². The number of hydrogen-bond acceptors (Lipinski definition) is 0. The smallest absolute Gasteiger partial charge is 0.000718 e. The zero-order chi connectivity index (χ0) is 60.5. The Hall–Kier alpha value is -12.2. The van der Waals surface area contributed by atoms with Crippen molar-refractivity contribution in [2.75, 3.05) is 0 Å². The Bertz CT molecular complexity index is 6330. The van der Waals surface area contributed by atoms with Gasteiger partial charge in [0.05, 0.1) is 0 Å². The molecule has 22 aromatic rings. The van der Waals surface area contributed by atoms with Crippen LogP contribution in [-0.4, -0.2) is 0 Å². The largest absolute Gasteiger partial charge is 0.0616 e. The van der Waals surface area contributed by atoms with Gasteiger partial charge in [-0.1, -0.05) is 291 Å². The molecular formula is C94H48. The van der Waals surface area contributed by atoms with Crippen molar-refractivity contribution in [3.05, 3.63) is 291 Å². The molecule has 0 spiro atoms. The zero-order valence-corrected chi connectivity index (χ0v) is 50.7. The summed E-state index contributed by atoms with van der Waals surface area (Å²) < 4.78 is 0. The quantitative estimate of drug-likeness (QED) is 0.154. The van der Waals surface area contributed by atoms with E-state index in [4.69, 9.17) is 0 Å². The van der Waals surface area contributed by atoms with E-state index in [2.05, 4.69) is 291 Å². The van der Waals surface area contributed by atoms with Crippen molar-refractivity contribution >= 4 is 162 Å². The van der Waals surface area contributed by atoms with Crippen molar-refractivity contribution in [1.82, 2.24) is 0 Å². The van der Waals surface area contributed by atoms with Crippen LogP contribution in [0.3, 0.4) is 0 Å². The van der Waals surface area contributed by atoms with Crippen molar-refractivity contribution in [3.63, 3.8) is 0 Å². The van der Waals surface area contributed by atoms with Crippen molar-refractivity contribution < 1.29 is 0 Å². The Morgan fingerprint density at radius 3 is 0.500 bits per heavy atom. The second-order valence-electron chi connectivity index (χ2n) is 27.0. The van der Waals surface area contributed by atoms with E-state index in [1.807, 2.05) is 0 Å². The fraction of sp³-hybridized carbons (Fsp3) is 0. The molecule has 0 N–H and O–H groups in total. The maximum absolute atomic E-state index is 2.55. The van der Waals surface area contributed by atoms with Crippen LogP contribution in [0.15, 0.2) is 291 Å². The van der Waals surface area contributed by atoms with Gasteiger partial charge in [-0.15, -0.1) is 0 Å². The SMILES string of the molecule is c1cc2ccc3ccc(-c4c5c(c(-c6ccc7ccc8cccc9ccc6c7c89)c6ccccc46)-c4ccc6c7c(ccc-5c47)-c4c-6c(-c5ccc6ccc7cccc8ccc5c6c78)c5ccccc5c4-c4ccc5ccc6cccc7ccc4c5c67)c4ccc(c1)c2c34. The van der Waals surface area contributed by atoms with Gasteiger partial charge in [0.1, 0.15) is 0 Å². The van der Waals surface area contributed by atoms with Crippen molar-refractivity contribution in [1.29, 1.82) is 0 Å². The molecule has 24 rings (SSSR count). The zero-order valence-electron chi connectivity index (χ0n) is 50.7. The van der Waals surface area contributed by atoms with Gasteiger partial charge in [0.15, 0.2) is 0 Å². The van der Waals surface area contributed by atoms with E-state index in [0.717, 1.165) is 0 Å². The van der Waals surface area contributed by atoms with Crippen LogP contribution in [0.25, 0.3) is 251 Å².